The lowest BCUT2D eigenvalue weighted by atomic mass is 10.1. The number of carboxylic acid groups (broad SMARTS) is 1. The van der Waals surface area contributed by atoms with Crippen LogP contribution in [0.2, 0.25) is 10.0 Å². The number of benzene rings is 3. The van der Waals surface area contributed by atoms with Crippen molar-refractivity contribution in [1.82, 2.24) is 25.5 Å². The molecule has 0 unspecified atom stereocenters. The number of nitrogens with zero attached hydrogens (tertiary/aromatic N) is 4. The number of halogens is 3. The van der Waals surface area contributed by atoms with Crippen LogP contribution in [0.3, 0.4) is 0 Å². The molecule has 0 aliphatic rings. The molecule has 38 heavy (non-hydrogen) atoms. The maximum Gasteiger partial charge on any atom is 0.337 e. The maximum absolute atomic E-state index is 14.8. The van der Waals surface area contributed by atoms with Gasteiger partial charge in [0, 0.05) is 17.3 Å². The van der Waals surface area contributed by atoms with Crippen LogP contribution in [0.25, 0.3) is 11.8 Å². The second-order valence-corrected chi connectivity index (χ2v) is 8.51. The first kappa shape index (κ1) is 26.5. The highest BCUT2D eigenvalue weighted by molar-refractivity contribution is 6.34. The van der Waals surface area contributed by atoms with E-state index in [1.54, 1.807) is 30.3 Å². The Bertz CT molecular complexity index is 1530. The molecule has 0 radical (unpaired) electrons. The number of carboxylic acids is 1. The van der Waals surface area contributed by atoms with Gasteiger partial charge in [-0.3, -0.25) is 9.59 Å². The van der Waals surface area contributed by atoms with Gasteiger partial charge in [0.1, 0.15) is 6.04 Å². The van der Waals surface area contributed by atoms with E-state index in [2.05, 4.69) is 26.0 Å². The minimum Gasteiger partial charge on any atom is -0.478 e. The number of rotatable bonds is 8. The normalized spacial score (nSPS) is 11.8. The minimum atomic E-state index is -1.21. The van der Waals surface area contributed by atoms with E-state index >= 15 is 0 Å². The minimum absolute atomic E-state index is 0.0697. The van der Waals surface area contributed by atoms with Gasteiger partial charge in [0.25, 0.3) is 5.91 Å². The van der Waals surface area contributed by atoms with E-state index in [4.69, 9.17) is 28.3 Å². The third kappa shape index (κ3) is 6.02. The topological polar surface area (TPSA) is 139 Å². The largest absolute Gasteiger partial charge is 0.478 e. The van der Waals surface area contributed by atoms with Gasteiger partial charge in [-0.1, -0.05) is 53.5 Å². The first-order chi connectivity index (χ1) is 18.2. The number of nitrogens with one attached hydrogen (secondary N) is 2. The molecule has 3 aromatic carbocycles. The molecule has 10 nitrogen and oxygen atoms in total. The number of carbonyl (C=O) groups excluding carboxylic acids is 2. The highest BCUT2D eigenvalue weighted by Crippen LogP contribution is 2.26. The number of hydrogen-bond acceptors (Lipinski definition) is 6. The van der Waals surface area contributed by atoms with Crippen molar-refractivity contribution in [2.75, 3.05) is 5.32 Å². The summed E-state index contributed by atoms with van der Waals surface area (Å²) in [6, 6.07) is 13.9. The lowest BCUT2D eigenvalue weighted by Crippen LogP contribution is -2.36. The molecule has 0 saturated heterocycles. The molecular formula is C25H17Cl2FN6O4. The highest BCUT2D eigenvalue weighted by atomic mass is 35.5. The number of carbonyl (C=O) groups is 3. The van der Waals surface area contributed by atoms with Crippen molar-refractivity contribution in [3.63, 3.8) is 0 Å². The van der Waals surface area contributed by atoms with Crippen LogP contribution in [0.5, 0.6) is 0 Å². The number of anilines is 1. The van der Waals surface area contributed by atoms with Crippen LogP contribution in [0.4, 0.5) is 10.1 Å². The molecule has 0 fully saturated rings. The van der Waals surface area contributed by atoms with Crippen LogP contribution in [-0.4, -0.2) is 43.1 Å². The van der Waals surface area contributed by atoms with Gasteiger partial charge in [-0.2, -0.15) is 0 Å². The zero-order valence-electron chi connectivity index (χ0n) is 19.2. The third-order valence-electron chi connectivity index (χ3n) is 5.22. The Labute approximate surface area is 224 Å². The molecule has 0 aliphatic carbocycles. The van der Waals surface area contributed by atoms with Gasteiger partial charge in [-0.05, 0) is 47.2 Å². The quantitative estimate of drug-likeness (QED) is 0.275. The Hall–Kier alpha value is -4.61. The zero-order chi connectivity index (χ0) is 27.2. The molecule has 3 N–H and O–H groups in total. The fourth-order valence-electron chi connectivity index (χ4n) is 3.44. The Kier molecular flexibility index (Phi) is 8.09. The SMILES string of the molecule is O=C(/C=C/c1c(-n2ncnn2)ccc(Cl)c1F)N[C@H](C(=O)Nc1ccc(C(=O)O)c(Cl)c1)c1ccccc1. The van der Waals surface area contributed by atoms with Crippen molar-refractivity contribution in [2.24, 2.45) is 0 Å². The molecule has 0 bridgehead atoms. The molecule has 4 aromatic rings. The van der Waals surface area contributed by atoms with E-state index in [-0.39, 0.29) is 32.5 Å². The molecule has 13 heteroatoms. The molecule has 0 aliphatic heterocycles. The van der Waals surface area contributed by atoms with Crippen molar-refractivity contribution in [2.45, 2.75) is 6.04 Å². The number of aromatic carboxylic acids is 1. The summed E-state index contributed by atoms with van der Waals surface area (Å²) in [4.78, 5) is 38.3. The first-order valence-corrected chi connectivity index (χ1v) is 11.6. The molecule has 4 rings (SSSR count). The highest BCUT2D eigenvalue weighted by Gasteiger charge is 2.23. The predicted molar refractivity (Wildman–Crippen MR) is 138 cm³/mol. The van der Waals surface area contributed by atoms with Crippen LogP contribution in [0.1, 0.15) is 27.5 Å². The van der Waals surface area contributed by atoms with Crippen molar-refractivity contribution in [3.8, 4) is 5.69 Å². The Morgan fingerprint density at radius 3 is 2.45 bits per heavy atom. The van der Waals surface area contributed by atoms with Gasteiger partial charge < -0.3 is 15.7 Å². The summed E-state index contributed by atoms with van der Waals surface area (Å²) < 4.78 is 14.8. The van der Waals surface area contributed by atoms with Crippen molar-refractivity contribution in [3.05, 3.63) is 106 Å². The van der Waals surface area contributed by atoms with Gasteiger partial charge in [-0.15, -0.1) is 15.0 Å². The zero-order valence-corrected chi connectivity index (χ0v) is 20.7. The van der Waals surface area contributed by atoms with E-state index in [0.717, 1.165) is 17.2 Å². The first-order valence-electron chi connectivity index (χ1n) is 10.8. The fraction of sp³-hybridized carbons (Fsp3) is 0.0400. The molecule has 0 saturated carbocycles. The van der Waals surface area contributed by atoms with Gasteiger partial charge in [0.2, 0.25) is 5.91 Å². The Balaban J connectivity index is 1.58. The molecule has 0 spiro atoms. The number of hydrogen-bond donors (Lipinski definition) is 3. The lowest BCUT2D eigenvalue weighted by Gasteiger charge is -2.18. The number of amides is 2. The standard InChI is InChI=1S/C25H17Cl2FN6O4/c26-18-9-10-20(34-30-13-29-33-34)17(22(18)28)8-11-21(35)32-23(14-4-2-1-3-5-14)24(36)31-15-6-7-16(25(37)38)19(27)12-15/h1-13,23H,(H,31,36)(H,32,35)(H,37,38)/b11-8+/t23-/m0/s1. The fourth-order valence-corrected chi connectivity index (χ4v) is 3.87. The molecule has 2 amide bonds. The average molecular weight is 555 g/mol. The van der Waals surface area contributed by atoms with Crippen LogP contribution in [0.15, 0.2) is 73.1 Å². The summed E-state index contributed by atoms with van der Waals surface area (Å²) in [5, 5.41) is 25.3. The Morgan fingerprint density at radius 1 is 1.03 bits per heavy atom. The molecule has 1 aromatic heterocycles. The van der Waals surface area contributed by atoms with E-state index in [9.17, 15) is 18.8 Å². The summed E-state index contributed by atoms with van der Waals surface area (Å²) in [6.07, 6.45) is 3.38. The van der Waals surface area contributed by atoms with Gasteiger partial charge in [-0.25, -0.2) is 9.18 Å². The van der Waals surface area contributed by atoms with Crippen LogP contribution in [-0.2, 0) is 9.59 Å². The summed E-state index contributed by atoms with van der Waals surface area (Å²) in [5.74, 6) is -3.36. The third-order valence-corrected chi connectivity index (χ3v) is 5.83. The molecule has 1 atom stereocenters. The molecular weight excluding hydrogens is 538 g/mol. The summed E-state index contributed by atoms with van der Waals surface area (Å²) in [5.41, 5.74) is 0.673. The van der Waals surface area contributed by atoms with Gasteiger partial charge >= 0.3 is 5.97 Å². The second kappa shape index (κ2) is 11.6. The van der Waals surface area contributed by atoms with E-state index in [1.807, 2.05) is 0 Å². The van der Waals surface area contributed by atoms with Crippen LogP contribution >= 0.6 is 23.2 Å². The van der Waals surface area contributed by atoms with E-state index in [1.165, 1.54) is 36.4 Å². The summed E-state index contributed by atoms with van der Waals surface area (Å²) in [6.45, 7) is 0. The average Bonchev–Trinajstić information content (AvgIpc) is 3.43. The van der Waals surface area contributed by atoms with Crippen molar-refractivity contribution < 1.29 is 23.9 Å². The number of tetrazole rings is 1. The monoisotopic (exact) mass is 554 g/mol. The smallest absolute Gasteiger partial charge is 0.337 e. The Morgan fingerprint density at radius 2 is 1.79 bits per heavy atom. The van der Waals surface area contributed by atoms with Crippen molar-refractivity contribution >= 4 is 52.7 Å². The van der Waals surface area contributed by atoms with Crippen molar-refractivity contribution in [1.29, 1.82) is 0 Å². The lowest BCUT2D eigenvalue weighted by molar-refractivity contribution is -0.123. The van der Waals surface area contributed by atoms with Gasteiger partial charge in [0.05, 0.1) is 21.3 Å². The van der Waals surface area contributed by atoms with Gasteiger partial charge in [0.15, 0.2) is 12.1 Å². The molecule has 192 valence electrons. The summed E-state index contributed by atoms with van der Waals surface area (Å²) >= 11 is 11.9. The molecule has 1 heterocycles. The summed E-state index contributed by atoms with van der Waals surface area (Å²) in [7, 11) is 0. The predicted octanol–water partition coefficient (Wildman–Crippen LogP) is 4.32. The van der Waals surface area contributed by atoms with E-state index in [0.29, 0.717) is 5.56 Å². The van der Waals surface area contributed by atoms with Crippen LogP contribution < -0.4 is 10.6 Å². The second-order valence-electron chi connectivity index (χ2n) is 7.69. The number of aromatic nitrogens is 4. The van der Waals surface area contributed by atoms with E-state index < -0.39 is 29.6 Å². The maximum atomic E-state index is 14.8. The van der Waals surface area contributed by atoms with Crippen LogP contribution in [0, 0.1) is 5.82 Å².